The number of hydrogen-bond acceptors (Lipinski definition) is 3. The number of carbonyl (C=O) groups excluding carboxylic acids is 2. The molecule has 108 valence electrons. The Morgan fingerprint density at radius 2 is 1.86 bits per heavy atom. The van der Waals surface area contributed by atoms with Crippen molar-refractivity contribution in [3.05, 3.63) is 54.4 Å². The van der Waals surface area contributed by atoms with Crippen molar-refractivity contribution in [2.24, 2.45) is 5.73 Å². The van der Waals surface area contributed by atoms with Crippen LogP contribution in [0.1, 0.15) is 12.0 Å². The van der Waals surface area contributed by atoms with E-state index in [1.807, 2.05) is 12.1 Å². The summed E-state index contributed by atoms with van der Waals surface area (Å²) < 4.78 is 0. The van der Waals surface area contributed by atoms with Crippen LogP contribution in [0.3, 0.4) is 0 Å². The Kier molecular flexibility index (Phi) is 4.87. The monoisotopic (exact) mass is 284 g/mol. The Bertz CT molecular complexity index is 629. The van der Waals surface area contributed by atoms with Gasteiger partial charge in [-0.05, 0) is 36.2 Å². The minimum absolute atomic E-state index is 0.102. The van der Waals surface area contributed by atoms with E-state index in [4.69, 9.17) is 5.73 Å². The summed E-state index contributed by atoms with van der Waals surface area (Å²) in [7, 11) is 0. The van der Waals surface area contributed by atoms with Gasteiger partial charge in [0.25, 0.3) is 0 Å². The molecule has 0 fully saturated rings. The molecule has 0 aliphatic carbocycles. The predicted octanol–water partition coefficient (Wildman–Crippen LogP) is 2.14. The number of primary amides is 1. The molecule has 0 aliphatic rings. The first-order valence-electron chi connectivity index (χ1n) is 6.49. The lowest BCUT2D eigenvalue weighted by atomic mass is 10.1. The van der Waals surface area contributed by atoms with Crippen molar-refractivity contribution in [3.63, 3.8) is 0 Å². The van der Waals surface area contributed by atoms with Gasteiger partial charge in [-0.1, -0.05) is 12.1 Å². The van der Waals surface area contributed by atoms with Gasteiger partial charge in [0.05, 0.1) is 0 Å². The smallest absolute Gasteiger partial charge is 0.316 e. The van der Waals surface area contributed by atoms with Crippen molar-refractivity contribution in [1.82, 2.24) is 4.98 Å². The van der Waals surface area contributed by atoms with E-state index in [0.29, 0.717) is 24.2 Å². The summed E-state index contributed by atoms with van der Waals surface area (Å²) >= 11 is 0. The molecule has 21 heavy (non-hydrogen) atoms. The molecule has 2 aromatic rings. The molecule has 0 unspecified atom stereocenters. The third-order valence-electron chi connectivity index (χ3n) is 2.78. The van der Waals surface area contributed by atoms with Gasteiger partial charge in [-0.15, -0.1) is 0 Å². The Labute approximate surface area is 122 Å². The van der Waals surface area contributed by atoms with Gasteiger partial charge in [0, 0.05) is 30.2 Å². The van der Waals surface area contributed by atoms with Crippen molar-refractivity contribution >= 4 is 23.3 Å². The van der Waals surface area contributed by atoms with Crippen LogP contribution < -0.4 is 16.4 Å². The van der Waals surface area contributed by atoms with Crippen LogP contribution in [0.2, 0.25) is 0 Å². The normalized spacial score (nSPS) is 9.90. The largest absolute Gasteiger partial charge is 0.351 e. The average molecular weight is 284 g/mol. The van der Waals surface area contributed by atoms with Crippen molar-refractivity contribution in [2.45, 2.75) is 12.8 Å². The van der Waals surface area contributed by atoms with Crippen molar-refractivity contribution < 1.29 is 9.59 Å². The number of nitrogens with one attached hydrogen (secondary N) is 2. The average Bonchev–Trinajstić information content (AvgIpc) is 2.46. The Morgan fingerprint density at radius 1 is 1.10 bits per heavy atom. The lowest BCUT2D eigenvalue weighted by Crippen LogP contribution is -2.19. The topological polar surface area (TPSA) is 97.1 Å². The molecule has 0 aliphatic heterocycles. The Morgan fingerprint density at radius 3 is 2.52 bits per heavy atom. The highest BCUT2D eigenvalue weighted by molar-refractivity contribution is 5.93. The first kappa shape index (κ1) is 14.5. The van der Waals surface area contributed by atoms with E-state index < -0.39 is 6.03 Å². The number of anilines is 2. The molecule has 3 amide bonds. The lowest BCUT2D eigenvalue weighted by Gasteiger charge is -2.07. The van der Waals surface area contributed by atoms with Crippen molar-refractivity contribution in [2.75, 3.05) is 10.6 Å². The molecule has 0 bridgehead atoms. The van der Waals surface area contributed by atoms with Crippen LogP contribution in [0.4, 0.5) is 16.2 Å². The number of carbonyl (C=O) groups is 2. The summed E-state index contributed by atoms with van der Waals surface area (Å²) in [6, 6.07) is 9.93. The van der Waals surface area contributed by atoms with Gasteiger partial charge in [0.15, 0.2) is 0 Å². The molecule has 1 heterocycles. The predicted molar refractivity (Wildman–Crippen MR) is 80.8 cm³/mol. The zero-order valence-electron chi connectivity index (χ0n) is 11.4. The Hall–Kier alpha value is -2.89. The number of hydrogen-bond donors (Lipinski definition) is 3. The van der Waals surface area contributed by atoms with E-state index >= 15 is 0 Å². The molecule has 0 saturated carbocycles. The number of amides is 3. The van der Waals surface area contributed by atoms with Gasteiger partial charge < -0.3 is 16.4 Å². The van der Waals surface area contributed by atoms with E-state index in [1.54, 1.807) is 36.7 Å². The molecule has 1 aromatic heterocycles. The van der Waals surface area contributed by atoms with Gasteiger partial charge in [0.1, 0.15) is 0 Å². The van der Waals surface area contributed by atoms with Crippen LogP contribution in [0.25, 0.3) is 0 Å². The summed E-state index contributed by atoms with van der Waals surface area (Å²) in [5.74, 6) is -0.102. The molecule has 4 N–H and O–H groups in total. The summed E-state index contributed by atoms with van der Waals surface area (Å²) in [5.41, 5.74) is 7.20. The molecule has 2 rings (SSSR count). The van der Waals surface area contributed by atoms with E-state index in [0.717, 1.165) is 5.56 Å². The van der Waals surface area contributed by atoms with Gasteiger partial charge in [-0.25, -0.2) is 4.79 Å². The number of nitrogens with zero attached hydrogens (tertiary/aromatic N) is 1. The van der Waals surface area contributed by atoms with Crippen LogP contribution >= 0.6 is 0 Å². The summed E-state index contributed by atoms with van der Waals surface area (Å²) in [4.78, 5) is 26.7. The molecule has 6 nitrogen and oxygen atoms in total. The molecule has 0 atom stereocenters. The van der Waals surface area contributed by atoms with E-state index in [9.17, 15) is 9.59 Å². The molecular formula is C15H16N4O2. The molecular weight excluding hydrogens is 268 g/mol. The number of rotatable bonds is 5. The van der Waals surface area contributed by atoms with Crippen LogP contribution in [-0.2, 0) is 11.2 Å². The Balaban J connectivity index is 1.89. The van der Waals surface area contributed by atoms with Crippen LogP contribution in [-0.4, -0.2) is 16.9 Å². The number of urea groups is 1. The quantitative estimate of drug-likeness (QED) is 0.784. The zero-order valence-corrected chi connectivity index (χ0v) is 11.4. The first-order valence-corrected chi connectivity index (χ1v) is 6.49. The number of pyridine rings is 1. The van der Waals surface area contributed by atoms with Gasteiger partial charge >= 0.3 is 6.03 Å². The van der Waals surface area contributed by atoms with Gasteiger partial charge in [0.2, 0.25) is 5.91 Å². The number of nitrogens with two attached hydrogens (primary N) is 1. The fourth-order valence-corrected chi connectivity index (χ4v) is 1.84. The second kappa shape index (κ2) is 7.04. The highest BCUT2D eigenvalue weighted by Crippen LogP contribution is 2.15. The second-order valence-electron chi connectivity index (χ2n) is 4.48. The van der Waals surface area contributed by atoms with Crippen molar-refractivity contribution in [1.29, 1.82) is 0 Å². The molecule has 0 saturated heterocycles. The third kappa shape index (κ3) is 4.94. The van der Waals surface area contributed by atoms with Crippen molar-refractivity contribution in [3.8, 4) is 0 Å². The minimum atomic E-state index is -0.643. The molecule has 0 spiro atoms. The third-order valence-corrected chi connectivity index (χ3v) is 2.78. The van der Waals surface area contributed by atoms with Gasteiger partial charge in [-0.2, -0.15) is 0 Å². The maximum absolute atomic E-state index is 11.9. The number of aryl methyl sites for hydroxylation is 1. The molecule has 6 heteroatoms. The highest BCUT2D eigenvalue weighted by atomic mass is 16.2. The summed E-state index contributed by atoms with van der Waals surface area (Å²) in [6.45, 7) is 0. The first-order chi connectivity index (χ1) is 10.1. The van der Waals surface area contributed by atoms with E-state index in [1.165, 1.54) is 0 Å². The van der Waals surface area contributed by atoms with Crippen LogP contribution in [0, 0.1) is 0 Å². The fourth-order valence-electron chi connectivity index (χ4n) is 1.84. The van der Waals surface area contributed by atoms with E-state index in [2.05, 4.69) is 15.6 Å². The fraction of sp³-hybridized carbons (Fsp3) is 0.133. The maximum Gasteiger partial charge on any atom is 0.316 e. The van der Waals surface area contributed by atoms with Crippen LogP contribution in [0.5, 0.6) is 0 Å². The highest BCUT2D eigenvalue weighted by Gasteiger charge is 2.04. The molecule has 1 aromatic carbocycles. The number of benzene rings is 1. The number of aromatic nitrogens is 1. The summed E-state index contributed by atoms with van der Waals surface area (Å²) in [6.07, 6.45) is 4.42. The lowest BCUT2D eigenvalue weighted by molar-refractivity contribution is -0.116. The summed E-state index contributed by atoms with van der Waals surface area (Å²) in [5, 5.41) is 5.23. The minimum Gasteiger partial charge on any atom is -0.351 e. The van der Waals surface area contributed by atoms with Crippen LogP contribution in [0.15, 0.2) is 48.8 Å². The molecule has 0 radical (unpaired) electrons. The second-order valence-corrected chi connectivity index (χ2v) is 4.48. The standard InChI is InChI=1S/C15H16N4O2/c16-15(21)19-13-5-1-4-12(9-13)18-14(20)7-6-11-3-2-8-17-10-11/h1-5,8-10H,6-7H2,(H,18,20)(H3,16,19,21). The SMILES string of the molecule is NC(=O)Nc1cccc(NC(=O)CCc2cccnc2)c1. The van der Waals surface area contributed by atoms with E-state index in [-0.39, 0.29) is 5.91 Å². The maximum atomic E-state index is 11.9. The van der Waals surface area contributed by atoms with Gasteiger partial charge in [-0.3, -0.25) is 9.78 Å². The zero-order chi connectivity index (χ0) is 15.1.